The second kappa shape index (κ2) is 4.97. The van der Waals surface area contributed by atoms with E-state index in [1.54, 1.807) is 0 Å². The molecule has 0 aliphatic carbocycles. The minimum absolute atomic E-state index is 0.369. The summed E-state index contributed by atoms with van der Waals surface area (Å²) in [5.41, 5.74) is 1.96. The van der Waals surface area contributed by atoms with Crippen LogP contribution in [0.3, 0.4) is 0 Å². The number of aromatic nitrogens is 2. The van der Waals surface area contributed by atoms with E-state index in [0.717, 1.165) is 21.2 Å². The Kier molecular flexibility index (Phi) is 3.60. The normalized spacial score (nSPS) is 12.7. The minimum atomic E-state index is -0.369. The van der Waals surface area contributed by atoms with Crippen molar-refractivity contribution in [3.63, 3.8) is 0 Å². The first-order valence-corrected chi connectivity index (χ1v) is 6.27. The second-order valence-electron chi connectivity index (χ2n) is 3.62. The van der Waals surface area contributed by atoms with E-state index in [2.05, 4.69) is 27.7 Å². The summed E-state index contributed by atoms with van der Waals surface area (Å²) in [5.74, 6) is 0. The molecular formula is C12H13IN2O. The fourth-order valence-electron chi connectivity index (χ4n) is 1.53. The van der Waals surface area contributed by atoms with Gasteiger partial charge in [0.25, 0.3) is 0 Å². The fraction of sp³-hybridized carbons (Fsp3) is 0.250. The van der Waals surface area contributed by atoms with Crippen molar-refractivity contribution in [3.8, 4) is 5.69 Å². The molecule has 1 N–H and O–H groups in total. The lowest BCUT2D eigenvalue weighted by atomic mass is 10.1. The van der Waals surface area contributed by atoms with Crippen LogP contribution in [-0.4, -0.2) is 14.9 Å². The highest BCUT2D eigenvalue weighted by Gasteiger charge is 2.05. The highest BCUT2D eigenvalue weighted by atomic mass is 127. The Hall–Kier alpha value is -0.880. The molecule has 0 aliphatic rings. The maximum absolute atomic E-state index is 9.67. The molecular weight excluding hydrogens is 315 g/mol. The number of aliphatic hydroxyl groups is 1. The van der Waals surface area contributed by atoms with E-state index in [9.17, 15) is 5.11 Å². The molecule has 0 unspecified atom stereocenters. The lowest BCUT2D eigenvalue weighted by Gasteiger charge is -2.08. The van der Waals surface area contributed by atoms with Gasteiger partial charge in [-0.05, 0) is 46.7 Å². The third-order valence-corrected chi connectivity index (χ3v) is 3.04. The number of halogens is 1. The Morgan fingerprint density at radius 3 is 2.56 bits per heavy atom. The Labute approximate surface area is 108 Å². The molecule has 4 heteroatoms. The first kappa shape index (κ1) is 11.6. The highest BCUT2D eigenvalue weighted by Crippen LogP contribution is 2.18. The van der Waals surface area contributed by atoms with Crippen molar-refractivity contribution in [2.75, 3.05) is 0 Å². The van der Waals surface area contributed by atoms with Crippen LogP contribution < -0.4 is 0 Å². The summed E-state index contributed by atoms with van der Waals surface area (Å²) in [7, 11) is 0. The molecule has 2 aromatic rings. The fourth-order valence-corrected chi connectivity index (χ4v) is 1.92. The van der Waals surface area contributed by atoms with Crippen LogP contribution in [0.15, 0.2) is 36.7 Å². The van der Waals surface area contributed by atoms with E-state index in [4.69, 9.17) is 0 Å². The van der Waals surface area contributed by atoms with Crippen LogP contribution in [0.5, 0.6) is 0 Å². The van der Waals surface area contributed by atoms with Gasteiger partial charge in [0.05, 0.1) is 21.6 Å². The van der Waals surface area contributed by atoms with Gasteiger partial charge in [-0.2, -0.15) is 5.10 Å². The third kappa shape index (κ3) is 2.44. The summed E-state index contributed by atoms with van der Waals surface area (Å²) < 4.78 is 2.93. The van der Waals surface area contributed by atoms with Crippen molar-refractivity contribution >= 4 is 22.6 Å². The number of benzene rings is 1. The molecule has 16 heavy (non-hydrogen) atoms. The van der Waals surface area contributed by atoms with Crippen LogP contribution in [0, 0.1) is 3.57 Å². The van der Waals surface area contributed by atoms with E-state index >= 15 is 0 Å². The molecule has 1 aromatic carbocycles. The molecule has 0 amide bonds. The van der Waals surface area contributed by atoms with Crippen molar-refractivity contribution in [2.24, 2.45) is 0 Å². The number of rotatable bonds is 3. The van der Waals surface area contributed by atoms with Gasteiger partial charge in [-0.25, -0.2) is 4.68 Å². The minimum Gasteiger partial charge on any atom is -0.388 e. The number of hydrogen-bond acceptors (Lipinski definition) is 2. The van der Waals surface area contributed by atoms with Gasteiger partial charge in [-0.15, -0.1) is 0 Å². The topological polar surface area (TPSA) is 38.0 Å². The van der Waals surface area contributed by atoms with Crippen LogP contribution >= 0.6 is 22.6 Å². The predicted octanol–water partition coefficient (Wildman–Crippen LogP) is 2.92. The molecule has 0 fully saturated rings. The van der Waals surface area contributed by atoms with Crippen molar-refractivity contribution in [3.05, 3.63) is 45.8 Å². The third-order valence-electron chi connectivity index (χ3n) is 2.48. The molecule has 1 aromatic heterocycles. The Balaban J connectivity index is 2.25. The van der Waals surface area contributed by atoms with Gasteiger partial charge >= 0.3 is 0 Å². The summed E-state index contributed by atoms with van der Waals surface area (Å²) in [4.78, 5) is 0. The van der Waals surface area contributed by atoms with Gasteiger partial charge in [0, 0.05) is 6.20 Å². The Morgan fingerprint density at radius 2 is 2.06 bits per heavy atom. The number of hydrogen-bond donors (Lipinski definition) is 1. The SMILES string of the molecule is CC[C@H](O)c1ccc(-n2cc(I)cn2)cc1. The van der Waals surface area contributed by atoms with Crippen LogP contribution in [-0.2, 0) is 0 Å². The summed E-state index contributed by atoms with van der Waals surface area (Å²) in [5, 5.41) is 13.9. The van der Waals surface area contributed by atoms with Crippen molar-refractivity contribution in [1.82, 2.24) is 9.78 Å². The van der Waals surface area contributed by atoms with E-state index in [-0.39, 0.29) is 6.10 Å². The summed E-state index contributed by atoms with van der Waals surface area (Å²) in [6.07, 6.45) is 4.15. The molecule has 0 bridgehead atoms. The predicted molar refractivity (Wildman–Crippen MR) is 71.5 cm³/mol. The molecule has 84 valence electrons. The van der Waals surface area contributed by atoms with E-state index < -0.39 is 0 Å². The van der Waals surface area contributed by atoms with Gasteiger partial charge in [0.2, 0.25) is 0 Å². The van der Waals surface area contributed by atoms with E-state index in [1.807, 2.05) is 48.3 Å². The first-order valence-electron chi connectivity index (χ1n) is 5.19. The molecule has 0 radical (unpaired) electrons. The Bertz CT molecular complexity index is 464. The second-order valence-corrected chi connectivity index (χ2v) is 4.86. The first-order chi connectivity index (χ1) is 7.70. The van der Waals surface area contributed by atoms with Gasteiger partial charge < -0.3 is 5.11 Å². The largest absolute Gasteiger partial charge is 0.388 e. The van der Waals surface area contributed by atoms with Crippen LogP contribution in [0.1, 0.15) is 25.0 Å². The maximum atomic E-state index is 9.67. The summed E-state index contributed by atoms with van der Waals surface area (Å²) in [6.45, 7) is 1.97. The van der Waals surface area contributed by atoms with Crippen LogP contribution in [0.2, 0.25) is 0 Å². The zero-order valence-corrected chi connectivity index (χ0v) is 11.1. The van der Waals surface area contributed by atoms with Gasteiger partial charge in [-0.3, -0.25) is 0 Å². The zero-order valence-electron chi connectivity index (χ0n) is 8.97. The molecule has 0 spiro atoms. The number of aliphatic hydroxyl groups excluding tert-OH is 1. The summed E-state index contributed by atoms with van der Waals surface area (Å²) in [6, 6.07) is 7.82. The molecule has 0 saturated carbocycles. The average molecular weight is 328 g/mol. The molecule has 0 aliphatic heterocycles. The van der Waals surface area contributed by atoms with Gasteiger partial charge in [0.1, 0.15) is 0 Å². The van der Waals surface area contributed by atoms with Crippen LogP contribution in [0.25, 0.3) is 5.69 Å². The van der Waals surface area contributed by atoms with Crippen molar-refractivity contribution in [2.45, 2.75) is 19.4 Å². The van der Waals surface area contributed by atoms with Crippen LogP contribution in [0.4, 0.5) is 0 Å². The lowest BCUT2D eigenvalue weighted by molar-refractivity contribution is 0.173. The van der Waals surface area contributed by atoms with Gasteiger partial charge in [-0.1, -0.05) is 19.1 Å². The monoisotopic (exact) mass is 328 g/mol. The summed E-state index contributed by atoms with van der Waals surface area (Å²) >= 11 is 2.23. The van der Waals surface area contributed by atoms with E-state index in [0.29, 0.717) is 0 Å². The average Bonchev–Trinajstić information content (AvgIpc) is 2.75. The molecule has 0 saturated heterocycles. The van der Waals surface area contributed by atoms with E-state index in [1.165, 1.54) is 0 Å². The van der Waals surface area contributed by atoms with Crippen molar-refractivity contribution < 1.29 is 5.11 Å². The molecule has 1 heterocycles. The molecule has 1 atom stereocenters. The highest BCUT2D eigenvalue weighted by molar-refractivity contribution is 14.1. The van der Waals surface area contributed by atoms with Crippen molar-refractivity contribution in [1.29, 1.82) is 0 Å². The molecule has 2 rings (SSSR count). The quantitative estimate of drug-likeness (QED) is 0.880. The molecule has 3 nitrogen and oxygen atoms in total. The smallest absolute Gasteiger partial charge is 0.0787 e. The zero-order chi connectivity index (χ0) is 11.5. The maximum Gasteiger partial charge on any atom is 0.0787 e. The van der Waals surface area contributed by atoms with Gasteiger partial charge in [0.15, 0.2) is 0 Å². The standard InChI is InChI=1S/C12H13IN2O/c1-2-12(16)9-3-5-11(6-4-9)15-8-10(13)7-14-15/h3-8,12,16H,2H2,1H3/t12-/m0/s1. The number of nitrogens with zero attached hydrogens (tertiary/aromatic N) is 2. The Morgan fingerprint density at radius 1 is 1.38 bits per heavy atom. The lowest BCUT2D eigenvalue weighted by Crippen LogP contribution is -1.97.